The minimum atomic E-state index is -4.26. The molecule has 41 heavy (non-hydrogen) atoms. The van der Waals surface area contributed by atoms with Crippen LogP contribution in [0, 0.1) is 5.92 Å². The molecule has 13 heteroatoms. The van der Waals surface area contributed by atoms with Gasteiger partial charge in [-0.1, -0.05) is 36.4 Å². The monoisotopic (exact) mass is 584 g/mol. The van der Waals surface area contributed by atoms with Crippen LogP contribution in [0.3, 0.4) is 0 Å². The molecule has 2 aromatic rings. The summed E-state index contributed by atoms with van der Waals surface area (Å²) in [4.78, 5) is 41.7. The number of carbonyl (C=O) groups is 3. The lowest BCUT2D eigenvalue weighted by Crippen LogP contribution is -2.54. The number of carboxylic acid groups (broad SMARTS) is 1. The van der Waals surface area contributed by atoms with Crippen molar-refractivity contribution in [2.75, 3.05) is 26.2 Å². The van der Waals surface area contributed by atoms with Gasteiger partial charge in [0, 0.05) is 26.2 Å². The first-order chi connectivity index (χ1) is 19.7. The Kier molecular flexibility index (Phi) is 9.95. The van der Waals surface area contributed by atoms with Crippen LogP contribution in [-0.4, -0.2) is 85.7 Å². The third-order valence-corrected chi connectivity index (χ3v) is 9.02. The first kappa shape index (κ1) is 30.0. The molecule has 4 rings (SSSR count). The van der Waals surface area contributed by atoms with Gasteiger partial charge in [0.25, 0.3) is 0 Å². The van der Waals surface area contributed by atoms with E-state index in [1.165, 1.54) is 23.1 Å². The van der Waals surface area contributed by atoms with E-state index in [1.54, 1.807) is 30.6 Å². The maximum Gasteiger partial charge on any atom is 0.335 e. The summed E-state index contributed by atoms with van der Waals surface area (Å²) in [5.41, 5.74) is 0.548. The topological polar surface area (TPSA) is 174 Å². The molecule has 2 saturated heterocycles. The van der Waals surface area contributed by atoms with E-state index in [1.807, 2.05) is 11.0 Å². The summed E-state index contributed by atoms with van der Waals surface area (Å²) in [6.45, 7) is 2.41. The Morgan fingerprint density at radius 3 is 2.46 bits per heavy atom. The third kappa shape index (κ3) is 7.82. The lowest BCUT2D eigenvalue weighted by Gasteiger charge is -2.31. The van der Waals surface area contributed by atoms with E-state index in [-0.39, 0.29) is 22.8 Å². The summed E-state index contributed by atoms with van der Waals surface area (Å²) in [5.74, 6) is 3.50. The normalized spacial score (nSPS) is 18.9. The van der Waals surface area contributed by atoms with Crippen LogP contribution in [0.25, 0.3) is 0 Å². The summed E-state index contributed by atoms with van der Waals surface area (Å²) < 4.78 is 29.1. The molecule has 5 N–H and O–H groups in total. The number of hydrogen-bond acceptors (Lipinski definition) is 7. The zero-order valence-corrected chi connectivity index (χ0v) is 23.5. The maximum atomic E-state index is 13.8. The molecule has 0 saturated carbocycles. The number of carboxylic acids is 1. The van der Waals surface area contributed by atoms with Crippen LogP contribution in [0.15, 0.2) is 64.6 Å². The molecule has 0 aliphatic carbocycles. The van der Waals surface area contributed by atoms with Crippen molar-refractivity contribution >= 4 is 34.1 Å². The van der Waals surface area contributed by atoms with Crippen molar-refractivity contribution < 1.29 is 27.9 Å². The number of piperidine rings is 1. The second kappa shape index (κ2) is 13.6. The Hall–Kier alpha value is -3.97. The number of rotatable bonds is 11. The van der Waals surface area contributed by atoms with Crippen LogP contribution >= 0.6 is 0 Å². The van der Waals surface area contributed by atoms with Crippen molar-refractivity contribution in [3.05, 3.63) is 65.7 Å². The lowest BCUT2D eigenvalue weighted by molar-refractivity contribution is -0.139. The van der Waals surface area contributed by atoms with Crippen LogP contribution < -0.4 is 15.9 Å². The number of benzene rings is 2. The van der Waals surface area contributed by atoms with Gasteiger partial charge >= 0.3 is 5.97 Å². The van der Waals surface area contributed by atoms with Crippen LogP contribution in [0.2, 0.25) is 0 Å². The number of carbonyl (C=O) groups excluding carboxylic acids is 2. The summed E-state index contributed by atoms with van der Waals surface area (Å²) in [6.07, 6.45) is 4.53. The third-order valence-electron chi connectivity index (χ3n) is 7.55. The zero-order valence-electron chi connectivity index (χ0n) is 22.7. The molecule has 220 valence electrons. The second-order valence-electron chi connectivity index (χ2n) is 10.4. The van der Waals surface area contributed by atoms with Gasteiger partial charge in [0.05, 0.1) is 10.5 Å². The van der Waals surface area contributed by atoms with Crippen molar-refractivity contribution in [1.29, 1.82) is 0 Å². The number of sulfonamides is 1. The molecule has 0 aromatic heterocycles. The SMILES string of the molecule is NN=CN1CCC(CNC(=O)[C@@H]2CCCN2C(=O)[C@@H](Cc2ccccc2)NS(=O)(=O)c2cccc(C(=O)O)c2)CC1. The molecule has 2 aliphatic heterocycles. The van der Waals surface area contributed by atoms with Crippen molar-refractivity contribution in [1.82, 2.24) is 19.8 Å². The summed E-state index contributed by atoms with van der Waals surface area (Å²) in [5, 5.41) is 15.9. The van der Waals surface area contributed by atoms with E-state index in [9.17, 15) is 27.9 Å². The molecule has 0 bridgehead atoms. The van der Waals surface area contributed by atoms with Gasteiger partial charge in [0.15, 0.2) is 0 Å². The Morgan fingerprint density at radius 2 is 1.78 bits per heavy atom. The molecule has 2 amide bonds. The van der Waals surface area contributed by atoms with E-state index in [0.717, 1.165) is 37.6 Å². The van der Waals surface area contributed by atoms with E-state index in [2.05, 4.69) is 15.1 Å². The van der Waals surface area contributed by atoms with Gasteiger partial charge in [-0.25, -0.2) is 13.2 Å². The smallest absolute Gasteiger partial charge is 0.335 e. The Labute approximate surface area is 239 Å². The molecule has 2 heterocycles. The number of hydrogen-bond donors (Lipinski definition) is 4. The molecule has 12 nitrogen and oxygen atoms in total. The highest BCUT2D eigenvalue weighted by atomic mass is 32.2. The van der Waals surface area contributed by atoms with Crippen molar-refractivity contribution in [3.63, 3.8) is 0 Å². The maximum absolute atomic E-state index is 13.8. The molecule has 0 radical (unpaired) electrons. The Bertz CT molecular complexity index is 1360. The number of hydrazone groups is 1. The average Bonchev–Trinajstić information content (AvgIpc) is 3.47. The molecule has 2 fully saturated rings. The fourth-order valence-electron chi connectivity index (χ4n) is 5.31. The van der Waals surface area contributed by atoms with E-state index in [0.29, 0.717) is 31.8 Å². The molecule has 2 aliphatic rings. The lowest BCUT2D eigenvalue weighted by atomic mass is 9.97. The predicted molar refractivity (Wildman–Crippen MR) is 152 cm³/mol. The second-order valence-corrected chi connectivity index (χ2v) is 12.1. The fourth-order valence-corrected chi connectivity index (χ4v) is 6.55. The number of likely N-dealkylation sites (tertiary alicyclic amines) is 2. The highest BCUT2D eigenvalue weighted by molar-refractivity contribution is 7.89. The fraction of sp³-hybridized carbons (Fsp3) is 0.429. The van der Waals surface area contributed by atoms with Crippen molar-refractivity contribution in [2.24, 2.45) is 16.9 Å². The van der Waals surface area contributed by atoms with Crippen LogP contribution in [-0.2, 0) is 26.0 Å². The van der Waals surface area contributed by atoms with Gasteiger partial charge in [0.1, 0.15) is 18.4 Å². The first-order valence-corrected chi connectivity index (χ1v) is 15.1. The number of aromatic carboxylic acids is 1. The van der Waals surface area contributed by atoms with E-state index >= 15 is 0 Å². The molecule has 0 unspecified atom stereocenters. The number of nitrogens with one attached hydrogen (secondary N) is 2. The van der Waals surface area contributed by atoms with Crippen LogP contribution in [0.1, 0.15) is 41.6 Å². The van der Waals surface area contributed by atoms with Crippen LogP contribution in [0.5, 0.6) is 0 Å². The summed E-state index contributed by atoms with van der Waals surface area (Å²) in [6, 6.07) is 12.0. The molecule has 2 aromatic carbocycles. The number of nitrogens with two attached hydrogens (primary N) is 1. The molecule has 0 spiro atoms. The largest absolute Gasteiger partial charge is 0.478 e. The minimum Gasteiger partial charge on any atom is -0.478 e. The quantitative estimate of drug-likeness (QED) is 0.131. The zero-order chi connectivity index (χ0) is 29.4. The van der Waals surface area contributed by atoms with Gasteiger partial charge in [-0.2, -0.15) is 9.82 Å². The predicted octanol–water partition coefficient (Wildman–Crippen LogP) is 0.996. The van der Waals surface area contributed by atoms with Gasteiger partial charge < -0.3 is 26.1 Å². The van der Waals surface area contributed by atoms with Crippen molar-refractivity contribution in [2.45, 2.75) is 49.1 Å². The minimum absolute atomic E-state index is 0.0625. The summed E-state index contributed by atoms with van der Waals surface area (Å²) >= 11 is 0. The van der Waals surface area contributed by atoms with E-state index in [4.69, 9.17) is 5.84 Å². The highest BCUT2D eigenvalue weighted by Crippen LogP contribution is 2.22. The molecular formula is C28H36N6O6S. The summed E-state index contributed by atoms with van der Waals surface area (Å²) in [7, 11) is -4.26. The molecule has 2 atom stereocenters. The highest BCUT2D eigenvalue weighted by Gasteiger charge is 2.39. The van der Waals surface area contributed by atoms with Gasteiger partial charge in [-0.3, -0.25) is 9.59 Å². The average molecular weight is 585 g/mol. The van der Waals surface area contributed by atoms with E-state index < -0.39 is 34.0 Å². The number of nitrogens with zero attached hydrogens (tertiary/aromatic N) is 3. The van der Waals surface area contributed by atoms with Gasteiger partial charge in [-0.15, -0.1) is 0 Å². The Balaban J connectivity index is 1.47. The number of amides is 2. The van der Waals surface area contributed by atoms with Crippen molar-refractivity contribution in [3.8, 4) is 0 Å². The molecular weight excluding hydrogens is 548 g/mol. The van der Waals surface area contributed by atoms with Crippen LogP contribution in [0.4, 0.5) is 0 Å². The standard InChI is InChI=1S/C28H36N6O6S/c29-31-19-33-14-11-21(12-15-33)18-30-26(35)25-10-5-13-34(25)27(36)24(16-20-6-2-1-3-7-20)32-41(39,40)23-9-4-8-22(17-23)28(37)38/h1-4,6-9,17,19,21,24-25,32H,5,10-16,18,29H2,(H,30,35)(H,37,38)/t24-,25+/m1/s1. The van der Waals surface area contributed by atoms with Gasteiger partial charge in [0.2, 0.25) is 21.8 Å². The Morgan fingerprint density at radius 1 is 1.05 bits per heavy atom. The first-order valence-electron chi connectivity index (χ1n) is 13.6. The van der Waals surface area contributed by atoms with Gasteiger partial charge in [-0.05, 0) is 61.8 Å².